The number of rotatable bonds is 4. The smallest absolute Gasteiger partial charge is 0.387 e. The van der Waals surface area contributed by atoms with Crippen LogP contribution in [0.5, 0.6) is 5.75 Å². The van der Waals surface area contributed by atoms with Gasteiger partial charge in [-0.1, -0.05) is 13.0 Å². The monoisotopic (exact) mass is 232 g/mol. The number of carbonyl (C=O) groups excluding carboxylic acids is 1. The third-order valence-corrected chi connectivity index (χ3v) is 2.14. The highest BCUT2D eigenvalue weighted by Crippen LogP contribution is 2.28. The molecule has 5 heteroatoms. The molecule has 0 saturated carbocycles. The number of ketones is 1. The summed E-state index contributed by atoms with van der Waals surface area (Å²) in [5.41, 5.74) is 0.0654. The quantitative estimate of drug-likeness (QED) is 0.745. The predicted molar refractivity (Wildman–Crippen MR) is 52.4 cm³/mol. The van der Waals surface area contributed by atoms with E-state index in [0.29, 0.717) is 6.42 Å². The Morgan fingerprint density at radius 2 is 2.06 bits per heavy atom. The lowest BCUT2D eigenvalue weighted by molar-refractivity contribution is -0.0525. The summed E-state index contributed by atoms with van der Waals surface area (Å²) < 4.78 is 41.9. The van der Waals surface area contributed by atoms with E-state index in [0.717, 1.165) is 0 Å². The number of carbonyl (C=O) groups is 1. The number of halogens is 3. The van der Waals surface area contributed by atoms with Crippen LogP contribution in [0.2, 0.25) is 0 Å². The van der Waals surface area contributed by atoms with Gasteiger partial charge in [-0.25, -0.2) is 4.39 Å². The molecule has 0 aliphatic carbocycles. The molecule has 0 aromatic heterocycles. The standard InChI is InChI=1S/C11H11F3O2/c1-3-7-4-5-8(6(2)15)10(9(7)12)16-11(13)14/h4-5,11H,3H2,1-2H3. The third kappa shape index (κ3) is 2.53. The van der Waals surface area contributed by atoms with Gasteiger partial charge in [0.25, 0.3) is 0 Å². The van der Waals surface area contributed by atoms with Crippen LogP contribution in [0.25, 0.3) is 0 Å². The lowest BCUT2D eigenvalue weighted by Crippen LogP contribution is -2.09. The maximum absolute atomic E-state index is 13.6. The summed E-state index contributed by atoms with van der Waals surface area (Å²) in [6, 6.07) is 2.69. The van der Waals surface area contributed by atoms with E-state index < -0.39 is 24.0 Å². The molecule has 0 unspecified atom stereocenters. The van der Waals surface area contributed by atoms with Crippen molar-refractivity contribution in [3.63, 3.8) is 0 Å². The number of benzene rings is 1. The van der Waals surface area contributed by atoms with Gasteiger partial charge >= 0.3 is 6.61 Å². The molecule has 0 bridgehead atoms. The normalized spacial score (nSPS) is 10.6. The number of hydrogen-bond donors (Lipinski definition) is 0. The Bertz CT molecular complexity index is 402. The molecule has 16 heavy (non-hydrogen) atoms. The summed E-state index contributed by atoms with van der Waals surface area (Å²) in [5, 5.41) is 0. The predicted octanol–water partition coefficient (Wildman–Crippen LogP) is 3.19. The van der Waals surface area contributed by atoms with Crippen molar-refractivity contribution in [3.05, 3.63) is 29.1 Å². The Hall–Kier alpha value is -1.52. The van der Waals surface area contributed by atoms with Crippen LogP contribution in [0.3, 0.4) is 0 Å². The number of aryl methyl sites for hydroxylation is 1. The van der Waals surface area contributed by atoms with E-state index in [9.17, 15) is 18.0 Å². The molecule has 0 aliphatic heterocycles. The maximum atomic E-state index is 13.6. The first-order valence-electron chi connectivity index (χ1n) is 4.74. The number of alkyl halides is 2. The summed E-state index contributed by atoms with van der Waals surface area (Å²) >= 11 is 0. The minimum Gasteiger partial charge on any atom is -0.431 e. The zero-order valence-electron chi connectivity index (χ0n) is 8.89. The fourth-order valence-electron chi connectivity index (χ4n) is 1.35. The van der Waals surface area contributed by atoms with Crippen molar-refractivity contribution in [1.82, 2.24) is 0 Å². The third-order valence-electron chi connectivity index (χ3n) is 2.14. The highest BCUT2D eigenvalue weighted by atomic mass is 19.3. The van der Waals surface area contributed by atoms with Crippen molar-refractivity contribution in [1.29, 1.82) is 0 Å². The fraction of sp³-hybridized carbons (Fsp3) is 0.364. The van der Waals surface area contributed by atoms with E-state index in [-0.39, 0.29) is 11.1 Å². The second kappa shape index (κ2) is 5.01. The van der Waals surface area contributed by atoms with Crippen LogP contribution in [-0.2, 0) is 6.42 Å². The van der Waals surface area contributed by atoms with Crippen LogP contribution in [0, 0.1) is 5.82 Å². The van der Waals surface area contributed by atoms with Crippen molar-refractivity contribution in [2.75, 3.05) is 0 Å². The molecule has 0 saturated heterocycles. The molecule has 0 aliphatic rings. The van der Waals surface area contributed by atoms with Gasteiger partial charge in [0.15, 0.2) is 17.3 Å². The number of Topliss-reactive ketones (excluding diaryl/α,β-unsaturated/α-hetero) is 1. The number of hydrogen-bond acceptors (Lipinski definition) is 2. The average Bonchev–Trinajstić information content (AvgIpc) is 2.19. The van der Waals surface area contributed by atoms with Gasteiger partial charge in [-0.15, -0.1) is 0 Å². The van der Waals surface area contributed by atoms with Crippen LogP contribution >= 0.6 is 0 Å². The molecular formula is C11H11F3O2. The minimum absolute atomic E-state index is 0.171. The van der Waals surface area contributed by atoms with Gasteiger partial charge in [-0.2, -0.15) is 8.78 Å². The first kappa shape index (κ1) is 12.5. The van der Waals surface area contributed by atoms with Gasteiger partial charge in [-0.05, 0) is 25.0 Å². The zero-order valence-corrected chi connectivity index (χ0v) is 8.89. The summed E-state index contributed by atoms with van der Waals surface area (Å²) in [4.78, 5) is 11.1. The molecule has 0 radical (unpaired) electrons. The first-order chi connectivity index (χ1) is 7.47. The van der Waals surface area contributed by atoms with E-state index in [1.165, 1.54) is 19.1 Å². The van der Waals surface area contributed by atoms with Crippen molar-refractivity contribution in [3.8, 4) is 5.75 Å². The largest absolute Gasteiger partial charge is 0.431 e. The lowest BCUT2D eigenvalue weighted by Gasteiger charge is -2.11. The van der Waals surface area contributed by atoms with E-state index >= 15 is 0 Å². The van der Waals surface area contributed by atoms with E-state index in [2.05, 4.69) is 4.74 Å². The Balaban J connectivity index is 3.30. The fourth-order valence-corrected chi connectivity index (χ4v) is 1.35. The SMILES string of the molecule is CCc1ccc(C(C)=O)c(OC(F)F)c1F. The molecule has 2 nitrogen and oxygen atoms in total. The van der Waals surface area contributed by atoms with Gasteiger partial charge in [0.1, 0.15) is 0 Å². The molecule has 1 aromatic rings. The molecular weight excluding hydrogens is 221 g/mol. The van der Waals surface area contributed by atoms with Gasteiger partial charge in [0.2, 0.25) is 0 Å². The lowest BCUT2D eigenvalue weighted by atomic mass is 10.1. The van der Waals surface area contributed by atoms with Gasteiger partial charge in [-0.3, -0.25) is 4.79 Å². The van der Waals surface area contributed by atoms with Gasteiger partial charge in [0, 0.05) is 0 Å². The summed E-state index contributed by atoms with van der Waals surface area (Å²) in [7, 11) is 0. The van der Waals surface area contributed by atoms with Crippen molar-refractivity contribution in [2.24, 2.45) is 0 Å². The Morgan fingerprint density at radius 3 is 2.50 bits per heavy atom. The van der Waals surface area contributed by atoms with Gasteiger partial charge in [0.05, 0.1) is 5.56 Å². The molecule has 0 atom stereocenters. The molecule has 0 fully saturated rings. The second-order valence-electron chi connectivity index (χ2n) is 3.20. The highest BCUT2D eigenvalue weighted by molar-refractivity contribution is 5.97. The van der Waals surface area contributed by atoms with E-state index in [1.807, 2.05) is 0 Å². The van der Waals surface area contributed by atoms with Crippen LogP contribution in [0.4, 0.5) is 13.2 Å². The van der Waals surface area contributed by atoms with E-state index in [1.54, 1.807) is 6.92 Å². The van der Waals surface area contributed by atoms with Gasteiger partial charge < -0.3 is 4.74 Å². The number of ether oxygens (including phenoxy) is 1. The summed E-state index contributed by atoms with van der Waals surface area (Å²) in [6.45, 7) is -0.309. The van der Waals surface area contributed by atoms with Crippen molar-refractivity contribution in [2.45, 2.75) is 26.9 Å². The van der Waals surface area contributed by atoms with Crippen LogP contribution in [0.1, 0.15) is 29.8 Å². The Morgan fingerprint density at radius 1 is 1.44 bits per heavy atom. The van der Waals surface area contributed by atoms with E-state index in [4.69, 9.17) is 0 Å². The zero-order chi connectivity index (χ0) is 12.3. The molecule has 0 spiro atoms. The maximum Gasteiger partial charge on any atom is 0.387 e. The van der Waals surface area contributed by atoms with Crippen LogP contribution in [0.15, 0.2) is 12.1 Å². The first-order valence-corrected chi connectivity index (χ1v) is 4.74. The highest BCUT2D eigenvalue weighted by Gasteiger charge is 2.19. The van der Waals surface area contributed by atoms with Crippen LogP contribution < -0.4 is 4.74 Å². The topological polar surface area (TPSA) is 26.3 Å². The van der Waals surface area contributed by atoms with Crippen LogP contribution in [-0.4, -0.2) is 12.4 Å². The second-order valence-corrected chi connectivity index (χ2v) is 3.20. The Labute approximate surface area is 91.0 Å². The molecule has 0 N–H and O–H groups in total. The van der Waals surface area contributed by atoms with Crippen molar-refractivity contribution >= 4 is 5.78 Å². The summed E-state index contributed by atoms with van der Waals surface area (Å²) in [6.07, 6.45) is 0.337. The molecule has 88 valence electrons. The summed E-state index contributed by atoms with van der Waals surface area (Å²) in [5.74, 6) is -2.07. The average molecular weight is 232 g/mol. The molecule has 1 aromatic carbocycles. The van der Waals surface area contributed by atoms with Crippen molar-refractivity contribution < 1.29 is 22.7 Å². The Kier molecular flexibility index (Phi) is 3.93. The molecule has 0 amide bonds. The molecule has 0 heterocycles. The molecule has 1 rings (SSSR count). The minimum atomic E-state index is -3.15.